The lowest BCUT2D eigenvalue weighted by molar-refractivity contribution is 0.0951. The zero-order valence-electron chi connectivity index (χ0n) is 17.8. The summed E-state index contributed by atoms with van der Waals surface area (Å²) in [7, 11) is -2.64. The van der Waals surface area contributed by atoms with Crippen molar-refractivity contribution in [3.8, 4) is 5.75 Å². The molecule has 0 aliphatic carbocycles. The smallest absolute Gasteiger partial charge is 0.264 e. The van der Waals surface area contributed by atoms with E-state index in [0.717, 1.165) is 4.31 Å². The number of amides is 1. The number of hydrogen-bond acceptors (Lipinski definition) is 4. The van der Waals surface area contributed by atoms with Crippen LogP contribution in [0.25, 0.3) is 0 Å². The second-order valence-electron chi connectivity index (χ2n) is 6.95. The summed E-state index contributed by atoms with van der Waals surface area (Å²) in [4.78, 5) is 12.6. The SMILES string of the molecule is C=CCN(c1ccccc1OC)S(=O)(=O)c1ccc(Cl)c(C(=O)NCc2ccc(F)cc2)c1. The molecule has 3 aromatic rings. The molecule has 0 bridgehead atoms. The molecule has 33 heavy (non-hydrogen) atoms. The Morgan fingerprint density at radius 2 is 1.85 bits per heavy atom. The molecular formula is C24H22ClFN2O4S. The molecule has 0 aliphatic heterocycles. The molecule has 0 spiro atoms. The van der Waals surface area contributed by atoms with Crippen molar-refractivity contribution in [3.63, 3.8) is 0 Å². The summed E-state index contributed by atoms with van der Waals surface area (Å²) in [6.07, 6.45) is 1.45. The van der Waals surface area contributed by atoms with Crippen molar-refractivity contribution in [2.45, 2.75) is 11.4 Å². The van der Waals surface area contributed by atoms with Gasteiger partial charge in [0.15, 0.2) is 0 Å². The number of anilines is 1. The fourth-order valence-electron chi connectivity index (χ4n) is 3.12. The zero-order chi connectivity index (χ0) is 24.0. The van der Waals surface area contributed by atoms with Gasteiger partial charge in [0.05, 0.1) is 34.8 Å². The Bertz CT molecular complexity index is 1260. The number of para-hydroxylation sites is 2. The summed E-state index contributed by atoms with van der Waals surface area (Å²) in [5, 5.41) is 2.76. The summed E-state index contributed by atoms with van der Waals surface area (Å²) in [6.45, 7) is 3.76. The van der Waals surface area contributed by atoms with E-state index in [9.17, 15) is 17.6 Å². The lowest BCUT2D eigenvalue weighted by Crippen LogP contribution is -2.32. The third-order valence-corrected chi connectivity index (χ3v) is 6.89. The lowest BCUT2D eigenvalue weighted by atomic mass is 10.2. The fraction of sp³-hybridized carbons (Fsp3) is 0.125. The van der Waals surface area contributed by atoms with Gasteiger partial charge in [0.1, 0.15) is 11.6 Å². The summed E-state index contributed by atoms with van der Waals surface area (Å²) in [6, 6.07) is 16.3. The third kappa shape index (κ3) is 5.53. The molecule has 0 aromatic heterocycles. The van der Waals surface area contributed by atoms with Crippen LogP contribution in [0.3, 0.4) is 0 Å². The number of ether oxygens (including phenoxy) is 1. The predicted molar refractivity (Wildman–Crippen MR) is 127 cm³/mol. The molecule has 9 heteroatoms. The van der Waals surface area contributed by atoms with E-state index in [4.69, 9.17) is 16.3 Å². The van der Waals surface area contributed by atoms with Gasteiger partial charge >= 0.3 is 0 Å². The number of hydrogen-bond donors (Lipinski definition) is 1. The van der Waals surface area contributed by atoms with Crippen molar-refractivity contribution in [1.82, 2.24) is 5.32 Å². The second kappa shape index (κ2) is 10.5. The van der Waals surface area contributed by atoms with Crippen LogP contribution in [0.1, 0.15) is 15.9 Å². The zero-order valence-corrected chi connectivity index (χ0v) is 19.4. The molecule has 0 heterocycles. The van der Waals surface area contributed by atoms with E-state index in [0.29, 0.717) is 17.0 Å². The Labute approximate surface area is 197 Å². The Balaban J connectivity index is 1.93. The first-order valence-electron chi connectivity index (χ1n) is 9.86. The van der Waals surface area contributed by atoms with E-state index in [-0.39, 0.29) is 34.4 Å². The number of benzene rings is 3. The number of sulfonamides is 1. The second-order valence-corrected chi connectivity index (χ2v) is 9.22. The molecule has 0 saturated heterocycles. The van der Waals surface area contributed by atoms with Crippen LogP contribution >= 0.6 is 11.6 Å². The van der Waals surface area contributed by atoms with Crippen LogP contribution < -0.4 is 14.4 Å². The Morgan fingerprint density at radius 1 is 1.15 bits per heavy atom. The van der Waals surface area contributed by atoms with E-state index in [1.54, 1.807) is 36.4 Å². The maximum Gasteiger partial charge on any atom is 0.264 e. The molecule has 0 fully saturated rings. The fourth-order valence-corrected chi connectivity index (χ4v) is 4.80. The number of halogens is 2. The number of nitrogens with one attached hydrogen (secondary N) is 1. The number of carbonyl (C=O) groups is 1. The van der Waals surface area contributed by atoms with E-state index in [1.165, 1.54) is 43.5 Å². The highest BCUT2D eigenvalue weighted by Gasteiger charge is 2.27. The lowest BCUT2D eigenvalue weighted by Gasteiger charge is -2.25. The average Bonchev–Trinajstić information content (AvgIpc) is 2.82. The van der Waals surface area contributed by atoms with Gasteiger partial charge in [-0.1, -0.05) is 41.9 Å². The quantitative estimate of drug-likeness (QED) is 0.439. The molecule has 0 atom stereocenters. The Hall–Kier alpha value is -3.36. The van der Waals surface area contributed by atoms with Crippen LogP contribution in [0.2, 0.25) is 5.02 Å². The first-order valence-corrected chi connectivity index (χ1v) is 11.7. The van der Waals surface area contributed by atoms with Gasteiger partial charge in [-0.3, -0.25) is 9.10 Å². The van der Waals surface area contributed by atoms with E-state index >= 15 is 0 Å². The van der Waals surface area contributed by atoms with Crippen LogP contribution in [0, 0.1) is 5.82 Å². The van der Waals surface area contributed by atoms with Crippen molar-refractivity contribution in [2.75, 3.05) is 18.0 Å². The highest BCUT2D eigenvalue weighted by Crippen LogP contribution is 2.33. The third-order valence-electron chi connectivity index (χ3n) is 4.79. The minimum Gasteiger partial charge on any atom is -0.495 e. The molecule has 0 saturated carbocycles. The molecule has 3 aromatic carbocycles. The number of methoxy groups -OCH3 is 1. The summed E-state index contributed by atoms with van der Waals surface area (Å²) in [5.74, 6) is -0.576. The summed E-state index contributed by atoms with van der Waals surface area (Å²) in [5.41, 5.74) is 1.01. The van der Waals surface area contributed by atoms with Gasteiger partial charge < -0.3 is 10.1 Å². The molecule has 1 N–H and O–H groups in total. The monoisotopic (exact) mass is 488 g/mol. The topological polar surface area (TPSA) is 75.7 Å². The first-order chi connectivity index (χ1) is 15.8. The van der Waals surface area contributed by atoms with E-state index < -0.39 is 15.9 Å². The van der Waals surface area contributed by atoms with Crippen LogP contribution in [-0.4, -0.2) is 28.0 Å². The van der Waals surface area contributed by atoms with Crippen molar-refractivity contribution in [2.24, 2.45) is 0 Å². The molecule has 1 amide bonds. The molecule has 6 nitrogen and oxygen atoms in total. The molecular weight excluding hydrogens is 467 g/mol. The van der Waals surface area contributed by atoms with Gasteiger partial charge in [-0.05, 0) is 48.0 Å². The van der Waals surface area contributed by atoms with Gasteiger partial charge in [0, 0.05) is 6.54 Å². The molecule has 0 radical (unpaired) electrons. The van der Waals surface area contributed by atoms with Gasteiger partial charge in [0.25, 0.3) is 15.9 Å². The maximum absolute atomic E-state index is 13.5. The largest absolute Gasteiger partial charge is 0.495 e. The van der Waals surface area contributed by atoms with Crippen molar-refractivity contribution >= 4 is 33.2 Å². The van der Waals surface area contributed by atoms with Crippen molar-refractivity contribution in [1.29, 1.82) is 0 Å². The minimum atomic E-state index is -4.09. The molecule has 3 rings (SSSR count). The number of rotatable bonds is 9. The average molecular weight is 489 g/mol. The van der Waals surface area contributed by atoms with E-state index in [2.05, 4.69) is 11.9 Å². The first kappa shape index (κ1) is 24.3. The standard InChI is InChI=1S/C24H22ClFN2O4S/c1-3-14-28(22-6-4-5-7-23(22)32-2)33(30,31)19-12-13-21(25)20(15-19)24(29)27-16-17-8-10-18(26)11-9-17/h3-13,15H,1,14,16H2,2H3,(H,27,29). The van der Waals surface area contributed by atoms with Crippen molar-refractivity contribution in [3.05, 3.63) is 101 Å². The minimum absolute atomic E-state index is 0.00145. The summed E-state index contributed by atoms with van der Waals surface area (Å²) < 4.78 is 46.5. The Kier molecular flexibility index (Phi) is 7.73. The highest BCUT2D eigenvalue weighted by molar-refractivity contribution is 7.92. The van der Waals surface area contributed by atoms with Crippen LogP contribution in [0.15, 0.2) is 84.3 Å². The highest BCUT2D eigenvalue weighted by atomic mass is 35.5. The summed E-state index contributed by atoms with van der Waals surface area (Å²) >= 11 is 6.19. The van der Waals surface area contributed by atoms with Crippen LogP contribution in [0.5, 0.6) is 5.75 Å². The number of nitrogens with zero attached hydrogens (tertiary/aromatic N) is 1. The van der Waals surface area contributed by atoms with Gasteiger partial charge in [-0.2, -0.15) is 0 Å². The van der Waals surface area contributed by atoms with Crippen molar-refractivity contribution < 1.29 is 22.3 Å². The molecule has 0 aliphatic rings. The van der Waals surface area contributed by atoms with E-state index in [1.807, 2.05) is 0 Å². The Morgan fingerprint density at radius 3 is 2.52 bits per heavy atom. The van der Waals surface area contributed by atoms with Gasteiger partial charge in [0.2, 0.25) is 0 Å². The molecule has 172 valence electrons. The van der Waals surface area contributed by atoms with Crippen LogP contribution in [0.4, 0.5) is 10.1 Å². The molecule has 0 unspecified atom stereocenters. The number of carbonyl (C=O) groups excluding carboxylic acids is 1. The van der Waals surface area contributed by atoms with Crippen LogP contribution in [-0.2, 0) is 16.6 Å². The maximum atomic E-state index is 13.5. The van der Waals surface area contributed by atoms with Gasteiger partial charge in [-0.15, -0.1) is 6.58 Å². The predicted octanol–water partition coefficient (Wildman–Crippen LogP) is 4.80. The normalized spacial score (nSPS) is 11.0. The van der Waals surface area contributed by atoms with Gasteiger partial charge in [-0.25, -0.2) is 12.8 Å².